The van der Waals surface area contributed by atoms with Gasteiger partial charge in [-0.1, -0.05) is 64.7 Å². The zero-order valence-electron chi connectivity index (χ0n) is 15.6. The minimum absolute atomic E-state index is 0.160. The zero-order valence-corrected chi connectivity index (χ0v) is 15.6. The molecule has 1 aliphatic carbocycles. The van der Waals surface area contributed by atoms with Gasteiger partial charge in [-0.05, 0) is 25.3 Å². The highest BCUT2D eigenvalue weighted by Gasteiger charge is 2.19. The van der Waals surface area contributed by atoms with Crippen molar-refractivity contribution in [2.24, 2.45) is 0 Å². The molecule has 0 atom stereocenters. The molecule has 1 saturated carbocycles. The Morgan fingerprint density at radius 1 is 1.08 bits per heavy atom. The SMILES string of the molecule is CCCCCCCCCCc1cc2cn(C3CCCC3)c(=O)nc2o1. The molecule has 2 heterocycles. The summed E-state index contributed by atoms with van der Waals surface area (Å²) < 4.78 is 7.63. The van der Waals surface area contributed by atoms with E-state index >= 15 is 0 Å². The minimum Gasteiger partial charge on any atom is -0.443 e. The molecule has 2 aromatic rings. The standard InChI is InChI=1S/C21H32N2O2/c1-2-3-4-5-6-7-8-9-14-19-15-17-16-23(18-12-10-11-13-18)21(24)22-20(17)25-19/h15-16,18H,2-14H2,1H3. The molecule has 4 heteroatoms. The van der Waals surface area contributed by atoms with E-state index in [1.165, 1.54) is 57.8 Å². The number of aryl methyl sites for hydroxylation is 1. The number of nitrogens with zero attached hydrogens (tertiary/aromatic N) is 2. The lowest BCUT2D eigenvalue weighted by Gasteiger charge is -2.11. The lowest BCUT2D eigenvalue weighted by molar-refractivity contribution is 0.485. The third-order valence-corrected chi connectivity index (χ3v) is 5.48. The van der Waals surface area contributed by atoms with Crippen LogP contribution in [0.5, 0.6) is 0 Å². The number of hydrogen-bond donors (Lipinski definition) is 0. The van der Waals surface area contributed by atoms with E-state index in [2.05, 4.69) is 18.0 Å². The average molecular weight is 344 g/mol. The van der Waals surface area contributed by atoms with E-state index < -0.39 is 0 Å². The maximum atomic E-state index is 12.2. The monoisotopic (exact) mass is 344 g/mol. The van der Waals surface area contributed by atoms with Crippen LogP contribution in [0.3, 0.4) is 0 Å². The maximum Gasteiger partial charge on any atom is 0.351 e. The number of unbranched alkanes of at least 4 members (excludes halogenated alkanes) is 7. The van der Waals surface area contributed by atoms with Crippen LogP contribution in [-0.4, -0.2) is 9.55 Å². The van der Waals surface area contributed by atoms with Gasteiger partial charge in [0.15, 0.2) is 0 Å². The Hall–Kier alpha value is -1.58. The fourth-order valence-corrected chi connectivity index (χ4v) is 3.98. The molecule has 138 valence electrons. The first-order valence-electron chi connectivity index (χ1n) is 10.3. The molecule has 3 rings (SSSR count). The van der Waals surface area contributed by atoms with Crippen LogP contribution < -0.4 is 5.69 Å². The van der Waals surface area contributed by atoms with Crippen LogP contribution in [0.4, 0.5) is 0 Å². The number of fused-ring (bicyclic) bond motifs is 1. The molecule has 0 unspecified atom stereocenters. The van der Waals surface area contributed by atoms with E-state index in [4.69, 9.17) is 4.42 Å². The first-order chi connectivity index (χ1) is 12.3. The normalized spacial score (nSPS) is 15.4. The quantitative estimate of drug-likeness (QED) is 0.513. The van der Waals surface area contributed by atoms with Gasteiger partial charge in [-0.25, -0.2) is 4.79 Å². The summed E-state index contributed by atoms with van der Waals surface area (Å²) in [5, 5.41) is 0.973. The molecule has 0 radical (unpaired) electrons. The minimum atomic E-state index is -0.160. The number of furan rings is 1. The number of aromatic nitrogens is 2. The first-order valence-corrected chi connectivity index (χ1v) is 10.3. The van der Waals surface area contributed by atoms with Crippen molar-refractivity contribution in [2.45, 2.75) is 96.4 Å². The molecular formula is C21H32N2O2. The fourth-order valence-electron chi connectivity index (χ4n) is 3.98. The van der Waals surface area contributed by atoms with Gasteiger partial charge >= 0.3 is 5.69 Å². The van der Waals surface area contributed by atoms with Gasteiger partial charge in [-0.2, -0.15) is 4.98 Å². The second-order valence-electron chi connectivity index (χ2n) is 7.57. The van der Waals surface area contributed by atoms with E-state index in [0.29, 0.717) is 11.8 Å². The third-order valence-electron chi connectivity index (χ3n) is 5.48. The van der Waals surface area contributed by atoms with Crippen molar-refractivity contribution in [3.63, 3.8) is 0 Å². The van der Waals surface area contributed by atoms with Gasteiger partial charge in [0.05, 0.1) is 5.39 Å². The molecular weight excluding hydrogens is 312 g/mol. The number of rotatable bonds is 10. The molecule has 0 aliphatic heterocycles. The molecule has 1 fully saturated rings. The third kappa shape index (κ3) is 4.96. The van der Waals surface area contributed by atoms with Gasteiger partial charge < -0.3 is 4.42 Å². The largest absolute Gasteiger partial charge is 0.443 e. The van der Waals surface area contributed by atoms with E-state index in [1.807, 2.05) is 10.8 Å². The van der Waals surface area contributed by atoms with E-state index in [0.717, 1.165) is 36.8 Å². The van der Waals surface area contributed by atoms with Crippen LogP contribution in [0.1, 0.15) is 95.8 Å². The van der Waals surface area contributed by atoms with Crippen molar-refractivity contribution >= 4 is 11.1 Å². The van der Waals surface area contributed by atoms with Crippen LogP contribution in [0.25, 0.3) is 11.1 Å². The highest BCUT2D eigenvalue weighted by atomic mass is 16.3. The van der Waals surface area contributed by atoms with Crippen molar-refractivity contribution in [2.75, 3.05) is 0 Å². The second-order valence-corrected chi connectivity index (χ2v) is 7.57. The summed E-state index contributed by atoms with van der Waals surface area (Å²) in [6.45, 7) is 2.26. The van der Waals surface area contributed by atoms with Crippen molar-refractivity contribution in [3.8, 4) is 0 Å². The highest BCUT2D eigenvalue weighted by molar-refractivity contribution is 5.72. The Morgan fingerprint density at radius 3 is 2.48 bits per heavy atom. The molecule has 0 aromatic carbocycles. The fraction of sp³-hybridized carbons (Fsp3) is 0.714. The smallest absolute Gasteiger partial charge is 0.351 e. The van der Waals surface area contributed by atoms with Crippen LogP contribution >= 0.6 is 0 Å². The maximum absolute atomic E-state index is 12.2. The molecule has 25 heavy (non-hydrogen) atoms. The number of hydrogen-bond acceptors (Lipinski definition) is 3. The lowest BCUT2D eigenvalue weighted by Crippen LogP contribution is -2.24. The molecule has 1 aliphatic rings. The first kappa shape index (κ1) is 18.2. The van der Waals surface area contributed by atoms with Gasteiger partial charge in [-0.15, -0.1) is 0 Å². The summed E-state index contributed by atoms with van der Waals surface area (Å²) in [5.74, 6) is 0.969. The molecule has 0 amide bonds. The van der Waals surface area contributed by atoms with Crippen LogP contribution in [0, 0.1) is 0 Å². The van der Waals surface area contributed by atoms with Crippen molar-refractivity contribution in [1.82, 2.24) is 9.55 Å². The second kappa shape index (κ2) is 9.21. The Kier molecular flexibility index (Phi) is 6.71. The summed E-state index contributed by atoms with van der Waals surface area (Å²) in [7, 11) is 0. The molecule has 4 nitrogen and oxygen atoms in total. The Bertz CT molecular complexity index is 710. The van der Waals surface area contributed by atoms with Crippen LogP contribution in [0.2, 0.25) is 0 Å². The van der Waals surface area contributed by atoms with Crippen LogP contribution in [-0.2, 0) is 6.42 Å². The van der Waals surface area contributed by atoms with Crippen molar-refractivity contribution < 1.29 is 4.42 Å². The van der Waals surface area contributed by atoms with E-state index in [-0.39, 0.29) is 5.69 Å². The van der Waals surface area contributed by atoms with Gasteiger partial charge in [0.2, 0.25) is 5.71 Å². The Labute approximate surface area is 150 Å². The predicted octanol–water partition coefficient (Wildman–Crippen LogP) is 5.79. The molecule has 0 saturated heterocycles. The van der Waals surface area contributed by atoms with Gasteiger partial charge in [0.1, 0.15) is 5.76 Å². The Morgan fingerprint density at radius 2 is 1.76 bits per heavy atom. The summed E-state index contributed by atoms with van der Waals surface area (Å²) in [6, 6.07) is 2.41. The van der Waals surface area contributed by atoms with E-state index in [9.17, 15) is 4.79 Å². The summed E-state index contributed by atoms with van der Waals surface area (Å²) in [4.78, 5) is 16.4. The summed E-state index contributed by atoms with van der Waals surface area (Å²) in [5.41, 5.74) is 0.348. The molecule has 0 N–H and O–H groups in total. The average Bonchev–Trinajstić information content (AvgIpc) is 3.25. The summed E-state index contributed by atoms with van der Waals surface area (Å²) in [6.07, 6.45) is 18.0. The molecule has 0 bridgehead atoms. The van der Waals surface area contributed by atoms with Crippen molar-refractivity contribution in [3.05, 3.63) is 28.5 Å². The Balaban J connectivity index is 1.50. The highest BCUT2D eigenvalue weighted by Crippen LogP contribution is 2.29. The zero-order chi connectivity index (χ0) is 17.5. The molecule has 0 spiro atoms. The molecule has 2 aromatic heterocycles. The topological polar surface area (TPSA) is 48.0 Å². The van der Waals surface area contributed by atoms with Crippen LogP contribution in [0.15, 0.2) is 21.5 Å². The van der Waals surface area contributed by atoms with Gasteiger partial charge in [0, 0.05) is 18.7 Å². The van der Waals surface area contributed by atoms with Gasteiger partial charge in [-0.3, -0.25) is 4.57 Å². The van der Waals surface area contributed by atoms with Crippen molar-refractivity contribution in [1.29, 1.82) is 0 Å². The van der Waals surface area contributed by atoms with Gasteiger partial charge in [0.25, 0.3) is 0 Å². The van der Waals surface area contributed by atoms with E-state index in [1.54, 1.807) is 0 Å². The lowest BCUT2D eigenvalue weighted by atomic mass is 10.1. The summed E-state index contributed by atoms with van der Waals surface area (Å²) >= 11 is 0. The predicted molar refractivity (Wildman–Crippen MR) is 102 cm³/mol.